The molecule has 1 aliphatic carbocycles. The summed E-state index contributed by atoms with van der Waals surface area (Å²) in [5, 5.41) is 18.3. The molecule has 1 heterocycles. The monoisotopic (exact) mass is 391 g/mol. The number of nitro benzene ring substituents is 1. The summed E-state index contributed by atoms with van der Waals surface area (Å²) < 4.78 is 0. The molecule has 0 radical (unpaired) electrons. The van der Waals surface area contributed by atoms with E-state index in [1.807, 2.05) is 13.0 Å². The van der Waals surface area contributed by atoms with Gasteiger partial charge in [0.25, 0.3) is 5.69 Å². The van der Waals surface area contributed by atoms with Gasteiger partial charge in [-0.1, -0.05) is 26.0 Å². The van der Waals surface area contributed by atoms with Gasteiger partial charge in [0.05, 0.1) is 22.3 Å². The number of carbonyl (C=O) groups is 1. The van der Waals surface area contributed by atoms with E-state index in [1.54, 1.807) is 12.1 Å². The highest BCUT2D eigenvalue weighted by molar-refractivity contribution is 6.01. The van der Waals surface area contributed by atoms with Crippen LogP contribution in [0.3, 0.4) is 0 Å². The number of non-ortho nitro benzene ring substituents is 1. The zero-order valence-corrected chi connectivity index (χ0v) is 17.1. The third-order valence-electron chi connectivity index (χ3n) is 5.84. The minimum atomic E-state index is -0.440. The standard InChI is InChI=1S/C23H25N3O3/c1-13-8-17-18(9-14(13)2)25-22(15-6-5-7-16(10-15)26(28)29)21-19(24-17)11-23(3,4)12-20(21)27/h5-10,22,24-25H,11-12H2,1-4H3/t22-/m0/s1. The molecule has 29 heavy (non-hydrogen) atoms. The maximum atomic E-state index is 13.2. The van der Waals surface area contributed by atoms with Gasteiger partial charge in [-0.2, -0.15) is 0 Å². The Hall–Kier alpha value is -3.15. The Bertz CT molecular complexity index is 1070. The molecular weight excluding hydrogens is 366 g/mol. The second kappa shape index (κ2) is 6.72. The zero-order valence-electron chi connectivity index (χ0n) is 17.1. The summed E-state index contributed by atoms with van der Waals surface area (Å²) >= 11 is 0. The summed E-state index contributed by atoms with van der Waals surface area (Å²) in [6.07, 6.45) is 1.20. The van der Waals surface area contributed by atoms with E-state index >= 15 is 0 Å². The molecule has 0 bridgehead atoms. The Morgan fingerprint density at radius 1 is 1.07 bits per heavy atom. The number of benzene rings is 2. The SMILES string of the molecule is Cc1cc2c(cc1C)N[C@@H](c1cccc([N+](=O)[O-])c1)C1=C(CC(C)(C)CC1=O)N2. The maximum absolute atomic E-state index is 13.2. The lowest BCUT2D eigenvalue weighted by molar-refractivity contribution is -0.384. The Morgan fingerprint density at radius 3 is 2.45 bits per heavy atom. The van der Waals surface area contributed by atoms with Crippen molar-refractivity contribution in [2.45, 2.75) is 46.6 Å². The van der Waals surface area contributed by atoms with E-state index in [9.17, 15) is 14.9 Å². The van der Waals surface area contributed by atoms with Gasteiger partial charge in [-0.05, 0) is 54.5 Å². The third-order valence-corrected chi connectivity index (χ3v) is 5.84. The molecule has 0 saturated carbocycles. The number of anilines is 2. The number of carbonyl (C=O) groups excluding carboxylic acids is 1. The zero-order chi connectivity index (χ0) is 20.9. The third kappa shape index (κ3) is 3.50. The smallest absolute Gasteiger partial charge is 0.269 e. The van der Waals surface area contributed by atoms with Crippen molar-refractivity contribution in [3.63, 3.8) is 0 Å². The van der Waals surface area contributed by atoms with Gasteiger partial charge in [0.2, 0.25) is 0 Å². The molecule has 0 fully saturated rings. The van der Waals surface area contributed by atoms with Crippen LogP contribution in [0.1, 0.15) is 49.4 Å². The van der Waals surface area contributed by atoms with E-state index in [1.165, 1.54) is 6.07 Å². The van der Waals surface area contributed by atoms with Crippen LogP contribution in [0.2, 0.25) is 0 Å². The molecule has 0 amide bonds. The topological polar surface area (TPSA) is 84.3 Å². The van der Waals surface area contributed by atoms with Crippen molar-refractivity contribution in [3.05, 3.63) is 74.5 Å². The van der Waals surface area contributed by atoms with Crippen LogP contribution >= 0.6 is 0 Å². The molecule has 2 N–H and O–H groups in total. The number of Topliss-reactive ketones (excluding diaryl/α,β-unsaturated/α-hetero) is 1. The first-order chi connectivity index (χ1) is 13.6. The van der Waals surface area contributed by atoms with Crippen LogP contribution in [0.25, 0.3) is 0 Å². The van der Waals surface area contributed by atoms with Gasteiger partial charge >= 0.3 is 0 Å². The van der Waals surface area contributed by atoms with E-state index in [0.29, 0.717) is 17.6 Å². The lowest BCUT2D eigenvalue weighted by Crippen LogP contribution is -2.31. The van der Waals surface area contributed by atoms with E-state index < -0.39 is 11.0 Å². The average Bonchev–Trinajstić information content (AvgIpc) is 2.78. The highest BCUT2D eigenvalue weighted by Gasteiger charge is 2.39. The van der Waals surface area contributed by atoms with Gasteiger partial charge in [0.1, 0.15) is 0 Å². The molecule has 2 aromatic rings. The van der Waals surface area contributed by atoms with Crippen LogP contribution in [-0.4, -0.2) is 10.7 Å². The quantitative estimate of drug-likeness (QED) is 0.526. The molecule has 150 valence electrons. The van der Waals surface area contributed by atoms with Crippen LogP contribution in [0.5, 0.6) is 0 Å². The summed E-state index contributed by atoms with van der Waals surface area (Å²) in [6.45, 7) is 8.30. The molecule has 1 aliphatic heterocycles. The number of nitrogens with one attached hydrogen (secondary N) is 2. The summed E-state index contributed by atoms with van der Waals surface area (Å²) in [7, 11) is 0. The number of rotatable bonds is 2. The molecule has 0 aromatic heterocycles. The minimum Gasteiger partial charge on any atom is -0.372 e. The Balaban J connectivity index is 1.91. The van der Waals surface area contributed by atoms with Crippen LogP contribution < -0.4 is 10.6 Å². The second-order valence-electron chi connectivity index (χ2n) is 8.87. The molecule has 6 nitrogen and oxygen atoms in total. The fraction of sp³-hybridized carbons (Fsp3) is 0.348. The van der Waals surface area contributed by atoms with Gasteiger partial charge in [-0.3, -0.25) is 14.9 Å². The summed E-state index contributed by atoms with van der Waals surface area (Å²) in [4.78, 5) is 24.1. The summed E-state index contributed by atoms with van der Waals surface area (Å²) in [6, 6.07) is 10.3. The highest BCUT2D eigenvalue weighted by atomic mass is 16.6. The predicted molar refractivity (Wildman–Crippen MR) is 114 cm³/mol. The molecule has 2 aromatic carbocycles. The van der Waals surface area contributed by atoms with Crippen molar-refractivity contribution in [1.29, 1.82) is 0 Å². The average molecular weight is 391 g/mol. The molecule has 0 unspecified atom stereocenters. The van der Waals surface area contributed by atoms with E-state index in [-0.39, 0.29) is 16.9 Å². The van der Waals surface area contributed by atoms with Crippen molar-refractivity contribution in [2.75, 3.05) is 10.6 Å². The van der Waals surface area contributed by atoms with Crippen molar-refractivity contribution >= 4 is 22.8 Å². The van der Waals surface area contributed by atoms with Crippen LogP contribution in [0.15, 0.2) is 47.7 Å². The van der Waals surface area contributed by atoms with Gasteiger partial charge in [0, 0.05) is 29.8 Å². The van der Waals surface area contributed by atoms with Crippen molar-refractivity contribution in [2.24, 2.45) is 5.41 Å². The molecule has 2 aliphatic rings. The number of allylic oxidation sites excluding steroid dienone is 1. The molecule has 0 saturated heterocycles. The minimum absolute atomic E-state index is 0.0209. The van der Waals surface area contributed by atoms with Crippen LogP contribution in [-0.2, 0) is 4.79 Å². The highest BCUT2D eigenvalue weighted by Crippen LogP contribution is 2.46. The summed E-state index contributed by atoms with van der Waals surface area (Å²) in [5.41, 5.74) is 6.30. The van der Waals surface area contributed by atoms with Crippen molar-refractivity contribution in [1.82, 2.24) is 0 Å². The number of ketones is 1. The second-order valence-corrected chi connectivity index (χ2v) is 8.87. The number of nitrogens with zero attached hydrogens (tertiary/aromatic N) is 1. The van der Waals surface area contributed by atoms with Gasteiger partial charge in [-0.25, -0.2) is 0 Å². The first-order valence-corrected chi connectivity index (χ1v) is 9.80. The maximum Gasteiger partial charge on any atom is 0.269 e. The van der Waals surface area contributed by atoms with Crippen LogP contribution in [0, 0.1) is 29.4 Å². The fourth-order valence-electron chi connectivity index (χ4n) is 4.28. The number of fused-ring (bicyclic) bond motifs is 1. The number of hydrogen-bond donors (Lipinski definition) is 2. The molecule has 1 atom stereocenters. The number of hydrogen-bond acceptors (Lipinski definition) is 5. The fourth-order valence-corrected chi connectivity index (χ4v) is 4.28. The largest absolute Gasteiger partial charge is 0.372 e. The van der Waals surface area contributed by atoms with Gasteiger partial charge in [-0.15, -0.1) is 0 Å². The van der Waals surface area contributed by atoms with E-state index in [0.717, 1.165) is 34.6 Å². The lowest BCUT2D eigenvalue weighted by atomic mass is 9.73. The number of nitro groups is 1. The molecular formula is C23H25N3O3. The van der Waals surface area contributed by atoms with Gasteiger partial charge < -0.3 is 10.6 Å². The van der Waals surface area contributed by atoms with Crippen molar-refractivity contribution < 1.29 is 9.72 Å². The molecule has 0 spiro atoms. The number of aryl methyl sites for hydroxylation is 2. The van der Waals surface area contributed by atoms with E-state index in [4.69, 9.17) is 0 Å². The summed E-state index contributed by atoms with van der Waals surface area (Å²) in [5.74, 6) is 0.0778. The van der Waals surface area contributed by atoms with Crippen molar-refractivity contribution in [3.8, 4) is 0 Å². The first kappa shape index (κ1) is 19.2. The van der Waals surface area contributed by atoms with Crippen LogP contribution in [0.4, 0.5) is 17.1 Å². The lowest BCUT2D eigenvalue weighted by Gasteiger charge is -2.34. The normalized spacial score (nSPS) is 20.1. The Morgan fingerprint density at radius 2 is 1.76 bits per heavy atom. The van der Waals surface area contributed by atoms with E-state index in [2.05, 4.69) is 43.5 Å². The molecule has 4 rings (SSSR count). The first-order valence-electron chi connectivity index (χ1n) is 9.80. The Labute approximate surface area is 170 Å². The molecule has 6 heteroatoms. The Kier molecular flexibility index (Phi) is 4.45. The predicted octanol–water partition coefficient (Wildman–Crippen LogP) is 5.43. The van der Waals surface area contributed by atoms with Gasteiger partial charge in [0.15, 0.2) is 5.78 Å².